The second-order valence-electron chi connectivity index (χ2n) is 4.92. The van der Waals surface area contributed by atoms with Gasteiger partial charge in [0.25, 0.3) is 10.0 Å². The molecule has 0 aliphatic heterocycles. The monoisotopic (exact) mass is 376 g/mol. The Bertz CT molecular complexity index is 950. The van der Waals surface area contributed by atoms with Gasteiger partial charge in [0.05, 0.1) is 11.2 Å². The quantitative estimate of drug-likeness (QED) is 0.748. The third-order valence-electron chi connectivity index (χ3n) is 3.25. The fourth-order valence-corrected chi connectivity index (χ4v) is 4.47. The fourth-order valence-electron chi connectivity index (χ4n) is 2.21. The first kappa shape index (κ1) is 15.0. The van der Waals surface area contributed by atoms with Crippen LogP contribution in [0.25, 0.3) is 10.9 Å². The average molecular weight is 377 g/mol. The third-order valence-corrected chi connectivity index (χ3v) is 5.60. The van der Waals surface area contributed by atoms with Crippen molar-refractivity contribution in [1.29, 1.82) is 0 Å². The molecule has 0 saturated heterocycles. The van der Waals surface area contributed by atoms with Gasteiger partial charge in [-0.25, -0.2) is 8.42 Å². The summed E-state index contributed by atoms with van der Waals surface area (Å²) in [5, 5.41) is 0.880. The van der Waals surface area contributed by atoms with E-state index in [1.807, 2.05) is 25.1 Å². The van der Waals surface area contributed by atoms with Crippen LogP contribution in [0.2, 0.25) is 0 Å². The first-order chi connectivity index (χ1) is 10.5. The number of fused-ring (bicyclic) bond motifs is 1. The van der Waals surface area contributed by atoms with E-state index in [4.69, 9.17) is 0 Å². The van der Waals surface area contributed by atoms with E-state index < -0.39 is 10.0 Å². The van der Waals surface area contributed by atoms with Gasteiger partial charge in [0.1, 0.15) is 4.90 Å². The number of hydrogen-bond donors (Lipinski definition) is 1. The van der Waals surface area contributed by atoms with E-state index >= 15 is 0 Å². The van der Waals surface area contributed by atoms with Crippen LogP contribution in [0.1, 0.15) is 5.56 Å². The van der Waals surface area contributed by atoms with Gasteiger partial charge in [0.2, 0.25) is 0 Å². The fraction of sp³-hybridized carbons (Fsp3) is 0.0625. The van der Waals surface area contributed by atoms with Gasteiger partial charge in [-0.05, 0) is 52.7 Å². The zero-order valence-corrected chi connectivity index (χ0v) is 14.1. The van der Waals surface area contributed by atoms with Crippen LogP contribution in [0.15, 0.2) is 64.1 Å². The van der Waals surface area contributed by atoms with E-state index in [9.17, 15) is 8.42 Å². The van der Waals surface area contributed by atoms with E-state index in [1.165, 1.54) is 0 Å². The second kappa shape index (κ2) is 5.70. The van der Waals surface area contributed by atoms with Crippen molar-refractivity contribution in [3.63, 3.8) is 0 Å². The maximum Gasteiger partial charge on any atom is 0.263 e. The third kappa shape index (κ3) is 2.84. The summed E-state index contributed by atoms with van der Waals surface area (Å²) in [5.74, 6) is 0. The Morgan fingerprint density at radius 3 is 2.64 bits per heavy atom. The zero-order valence-electron chi connectivity index (χ0n) is 11.7. The molecule has 4 nitrogen and oxygen atoms in total. The summed E-state index contributed by atoms with van der Waals surface area (Å²) in [6, 6.07) is 14.2. The average Bonchev–Trinajstić information content (AvgIpc) is 2.47. The topological polar surface area (TPSA) is 59.1 Å². The van der Waals surface area contributed by atoms with Crippen LogP contribution in [-0.2, 0) is 10.0 Å². The molecule has 0 bridgehead atoms. The molecule has 112 valence electrons. The summed E-state index contributed by atoms with van der Waals surface area (Å²) in [5.41, 5.74) is 2.07. The molecule has 0 aliphatic carbocycles. The molecule has 1 N–H and O–H groups in total. The number of rotatable bonds is 3. The number of pyridine rings is 1. The Morgan fingerprint density at radius 2 is 1.86 bits per heavy atom. The molecule has 22 heavy (non-hydrogen) atoms. The minimum atomic E-state index is -3.69. The van der Waals surface area contributed by atoms with Crippen LogP contribution in [0, 0.1) is 6.92 Å². The Kier molecular flexibility index (Phi) is 3.88. The van der Waals surface area contributed by atoms with E-state index in [0.29, 0.717) is 15.7 Å². The van der Waals surface area contributed by atoms with E-state index in [-0.39, 0.29) is 4.90 Å². The molecular weight excluding hydrogens is 364 g/mol. The molecule has 2 aromatic carbocycles. The predicted molar refractivity (Wildman–Crippen MR) is 91.4 cm³/mol. The maximum atomic E-state index is 12.6. The molecule has 0 unspecified atom stereocenters. The molecule has 6 heteroatoms. The van der Waals surface area contributed by atoms with Crippen molar-refractivity contribution >= 4 is 42.5 Å². The Labute approximate surface area is 137 Å². The Balaban J connectivity index is 2.07. The Morgan fingerprint density at radius 1 is 1.09 bits per heavy atom. The van der Waals surface area contributed by atoms with Gasteiger partial charge in [-0.1, -0.05) is 24.3 Å². The second-order valence-corrected chi connectivity index (χ2v) is 7.43. The van der Waals surface area contributed by atoms with Gasteiger partial charge in [-0.2, -0.15) is 0 Å². The lowest BCUT2D eigenvalue weighted by Gasteiger charge is -2.11. The van der Waals surface area contributed by atoms with Crippen molar-refractivity contribution in [3.8, 4) is 0 Å². The molecule has 0 aliphatic rings. The van der Waals surface area contributed by atoms with Crippen LogP contribution >= 0.6 is 15.9 Å². The highest BCUT2D eigenvalue weighted by molar-refractivity contribution is 9.10. The lowest BCUT2D eigenvalue weighted by atomic mass is 10.2. The predicted octanol–water partition coefficient (Wildman–Crippen LogP) is 4.11. The van der Waals surface area contributed by atoms with Gasteiger partial charge in [0.15, 0.2) is 0 Å². The number of para-hydroxylation sites is 1. The molecule has 0 atom stereocenters. The van der Waals surface area contributed by atoms with Crippen LogP contribution < -0.4 is 4.72 Å². The first-order valence-electron chi connectivity index (χ1n) is 6.60. The first-order valence-corrected chi connectivity index (χ1v) is 8.88. The van der Waals surface area contributed by atoms with Gasteiger partial charge in [-0.3, -0.25) is 9.71 Å². The van der Waals surface area contributed by atoms with Crippen LogP contribution in [0.5, 0.6) is 0 Å². The summed E-state index contributed by atoms with van der Waals surface area (Å²) in [4.78, 5) is 4.46. The highest BCUT2D eigenvalue weighted by Gasteiger charge is 2.19. The molecule has 0 fully saturated rings. The van der Waals surface area contributed by atoms with Crippen LogP contribution in [-0.4, -0.2) is 13.4 Å². The van der Waals surface area contributed by atoms with Crippen molar-refractivity contribution < 1.29 is 8.42 Å². The Hall–Kier alpha value is -1.92. The maximum absolute atomic E-state index is 12.6. The molecule has 0 radical (unpaired) electrons. The highest BCUT2D eigenvalue weighted by Crippen LogP contribution is 2.27. The van der Waals surface area contributed by atoms with E-state index in [0.717, 1.165) is 10.9 Å². The van der Waals surface area contributed by atoms with Gasteiger partial charge in [-0.15, -0.1) is 0 Å². The van der Waals surface area contributed by atoms with Crippen LogP contribution in [0.3, 0.4) is 0 Å². The number of anilines is 1. The van der Waals surface area contributed by atoms with Gasteiger partial charge >= 0.3 is 0 Å². The molecule has 3 rings (SSSR count). The summed E-state index contributed by atoms with van der Waals surface area (Å²) in [6.45, 7) is 1.91. The van der Waals surface area contributed by atoms with Crippen molar-refractivity contribution in [1.82, 2.24) is 4.98 Å². The molecule has 0 amide bonds. The molecule has 1 aromatic heterocycles. The number of hydrogen-bond acceptors (Lipinski definition) is 3. The SMILES string of the molecule is Cc1ccc(S(=O)(=O)Nc2cccc3cccnc23)c(Br)c1. The van der Waals surface area contributed by atoms with Gasteiger partial charge < -0.3 is 0 Å². The normalized spacial score (nSPS) is 11.5. The lowest BCUT2D eigenvalue weighted by molar-refractivity contribution is 0.601. The number of aryl methyl sites for hydroxylation is 1. The van der Waals surface area contributed by atoms with Crippen molar-refractivity contribution in [2.75, 3.05) is 4.72 Å². The largest absolute Gasteiger partial charge is 0.277 e. The minimum Gasteiger partial charge on any atom is -0.277 e. The summed E-state index contributed by atoms with van der Waals surface area (Å²) < 4.78 is 28.4. The smallest absolute Gasteiger partial charge is 0.263 e. The van der Waals surface area contributed by atoms with Crippen molar-refractivity contribution in [2.24, 2.45) is 0 Å². The highest BCUT2D eigenvalue weighted by atomic mass is 79.9. The summed E-state index contributed by atoms with van der Waals surface area (Å²) in [7, 11) is -3.69. The molecule has 0 spiro atoms. The van der Waals surface area contributed by atoms with E-state index in [2.05, 4.69) is 25.6 Å². The summed E-state index contributed by atoms with van der Waals surface area (Å²) >= 11 is 3.31. The van der Waals surface area contributed by atoms with Crippen molar-refractivity contribution in [3.05, 3.63) is 64.8 Å². The number of halogens is 1. The number of nitrogens with zero attached hydrogens (tertiary/aromatic N) is 1. The van der Waals surface area contributed by atoms with Crippen molar-refractivity contribution in [2.45, 2.75) is 11.8 Å². The number of aromatic nitrogens is 1. The molecule has 0 saturated carbocycles. The number of benzene rings is 2. The minimum absolute atomic E-state index is 0.200. The number of sulfonamides is 1. The summed E-state index contributed by atoms with van der Waals surface area (Å²) in [6.07, 6.45) is 1.64. The zero-order chi connectivity index (χ0) is 15.7. The molecule has 1 heterocycles. The van der Waals surface area contributed by atoms with Gasteiger partial charge in [0, 0.05) is 16.1 Å². The van der Waals surface area contributed by atoms with E-state index in [1.54, 1.807) is 36.5 Å². The van der Waals surface area contributed by atoms with Crippen LogP contribution in [0.4, 0.5) is 5.69 Å². The molecular formula is C16H13BrN2O2S. The number of nitrogens with one attached hydrogen (secondary N) is 1. The standard InChI is InChI=1S/C16H13BrN2O2S/c1-11-7-8-15(13(17)10-11)22(20,21)19-14-6-2-4-12-5-3-9-18-16(12)14/h2-10,19H,1H3. The lowest BCUT2D eigenvalue weighted by Crippen LogP contribution is -2.14. The molecule has 3 aromatic rings.